The molecule has 1 aliphatic rings. The maximum Gasteiger partial charge on any atom is 0.416 e. The van der Waals surface area contributed by atoms with Crippen LogP contribution in [0.4, 0.5) is 17.6 Å². The van der Waals surface area contributed by atoms with Crippen molar-refractivity contribution in [1.29, 1.82) is 0 Å². The van der Waals surface area contributed by atoms with Crippen LogP contribution in [-0.2, 0) is 16.2 Å². The van der Waals surface area contributed by atoms with E-state index < -0.39 is 50.1 Å². The molecule has 0 amide bonds. The number of halogens is 4. The Morgan fingerprint density at radius 1 is 1.24 bits per heavy atom. The molecule has 0 aliphatic carbocycles. The molecule has 1 fully saturated rings. The number of ether oxygens (including phenoxy) is 1. The Hall–Kier alpha value is -2.73. The minimum Gasteiger partial charge on any atom is -0.478 e. The van der Waals surface area contributed by atoms with Gasteiger partial charge in [0, 0.05) is 18.8 Å². The zero-order valence-electron chi connectivity index (χ0n) is 14.6. The van der Waals surface area contributed by atoms with Gasteiger partial charge in [0.05, 0.1) is 22.6 Å². The molecule has 29 heavy (non-hydrogen) atoms. The monoisotopic (exact) mass is 434 g/mol. The largest absolute Gasteiger partial charge is 0.478 e. The Morgan fingerprint density at radius 3 is 2.62 bits per heavy atom. The van der Waals surface area contributed by atoms with Crippen molar-refractivity contribution in [1.82, 2.24) is 9.29 Å². The lowest BCUT2D eigenvalue weighted by atomic mass is 10.2. The average molecular weight is 434 g/mol. The SMILES string of the molecule is O=C(O)c1cc(S(=O)(=O)N2CC[C@H](Oc3cc(C(F)(F)F)ccn3)C2)ccc1F. The van der Waals surface area contributed by atoms with Gasteiger partial charge in [-0.05, 0) is 30.7 Å². The molecule has 2 aromatic rings. The summed E-state index contributed by atoms with van der Waals surface area (Å²) in [6.07, 6.45) is -4.20. The summed E-state index contributed by atoms with van der Waals surface area (Å²) in [7, 11) is -4.15. The number of aromatic nitrogens is 1. The van der Waals surface area contributed by atoms with E-state index >= 15 is 0 Å². The van der Waals surface area contributed by atoms with E-state index in [0.29, 0.717) is 0 Å². The van der Waals surface area contributed by atoms with Crippen LogP contribution in [0.15, 0.2) is 41.4 Å². The van der Waals surface area contributed by atoms with Crippen LogP contribution in [-0.4, -0.2) is 48.0 Å². The van der Waals surface area contributed by atoms with Crippen molar-refractivity contribution in [3.63, 3.8) is 0 Å². The van der Waals surface area contributed by atoms with Crippen LogP contribution in [0.25, 0.3) is 0 Å². The molecule has 2 heterocycles. The maximum absolute atomic E-state index is 13.5. The van der Waals surface area contributed by atoms with Crippen LogP contribution in [0.1, 0.15) is 22.3 Å². The molecular weight excluding hydrogens is 420 g/mol. The molecule has 0 bridgehead atoms. The second-order valence-electron chi connectivity index (χ2n) is 6.22. The normalized spacial score (nSPS) is 18.0. The Bertz CT molecular complexity index is 1040. The third kappa shape index (κ3) is 4.48. The van der Waals surface area contributed by atoms with Gasteiger partial charge in [-0.2, -0.15) is 17.5 Å². The molecule has 156 valence electrons. The zero-order chi connectivity index (χ0) is 21.4. The average Bonchev–Trinajstić information content (AvgIpc) is 3.10. The van der Waals surface area contributed by atoms with Crippen molar-refractivity contribution in [2.45, 2.75) is 23.6 Å². The van der Waals surface area contributed by atoms with Crippen LogP contribution in [0.2, 0.25) is 0 Å². The highest BCUT2D eigenvalue weighted by atomic mass is 32.2. The van der Waals surface area contributed by atoms with E-state index in [1.807, 2.05) is 0 Å². The fourth-order valence-electron chi connectivity index (χ4n) is 2.81. The van der Waals surface area contributed by atoms with E-state index in [0.717, 1.165) is 40.8 Å². The number of hydrogen-bond donors (Lipinski definition) is 1. The molecule has 0 spiro atoms. The molecule has 7 nitrogen and oxygen atoms in total. The van der Waals surface area contributed by atoms with Crippen molar-refractivity contribution < 1.29 is 40.6 Å². The first-order valence-electron chi connectivity index (χ1n) is 8.21. The Kier molecular flexibility index (Phi) is 5.50. The topological polar surface area (TPSA) is 96.8 Å². The summed E-state index contributed by atoms with van der Waals surface area (Å²) in [6.45, 7) is -0.189. The summed E-state index contributed by atoms with van der Waals surface area (Å²) in [5, 5.41) is 8.95. The van der Waals surface area contributed by atoms with Gasteiger partial charge in [0.15, 0.2) is 0 Å². The van der Waals surface area contributed by atoms with Gasteiger partial charge in [-0.3, -0.25) is 0 Å². The first-order chi connectivity index (χ1) is 13.5. The minimum absolute atomic E-state index is 0.00819. The Labute approximate surface area is 162 Å². The maximum atomic E-state index is 13.5. The fraction of sp³-hybridized carbons (Fsp3) is 0.294. The number of sulfonamides is 1. The molecule has 0 saturated carbocycles. The lowest BCUT2D eigenvalue weighted by Crippen LogP contribution is -2.31. The number of rotatable bonds is 5. The summed E-state index contributed by atoms with van der Waals surface area (Å²) < 4.78 is 83.6. The lowest BCUT2D eigenvalue weighted by molar-refractivity contribution is -0.137. The van der Waals surface area contributed by atoms with Gasteiger partial charge in [-0.15, -0.1) is 0 Å². The summed E-state index contributed by atoms with van der Waals surface area (Å²) in [6, 6.07) is 3.91. The number of benzene rings is 1. The van der Waals surface area contributed by atoms with Crippen molar-refractivity contribution in [3.8, 4) is 5.88 Å². The number of carboxylic acids is 1. The third-order valence-electron chi connectivity index (χ3n) is 4.26. The second-order valence-corrected chi connectivity index (χ2v) is 8.16. The molecule has 1 aromatic heterocycles. The van der Waals surface area contributed by atoms with Crippen LogP contribution in [0, 0.1) is 5.82 Å². The van der Waals surface area contributed by atoms with Crippen molar-refractivity contribution >= 4 is 16.0 Å². The van der Waals surface area contributed by atoms with E-state index in [1.165, 1.54) is 0 Å². The van der Waals surface area contributed by atoms with Gasteiger partial charge in [-0.1, -0.05) is 0 Å². The molecule has 1 atom stereocenters. The number of carbonyl (C=O) groups is 1. The Balaban J connectivity index is 1.75. The van der Waals surface area contributed by atoms with Crippen LogP contribution in [0.5, 0.6) is 5.88 Å². The molecule has 0 radical (unpaired) electrons. The standard InChI is InChI=1S/C17H14F4N2O5S/c18-14-2-1-12(8-13(14)16(24)25)29(26,27)23-6-4-11(9-23)28-15-7-10(3-5-22-15)17(19,20)21/h1-3,5,7-8,11H,4,6,9H2,(H,24,25)/t11-/m0/s1. The zero-order valence-corrected chi connectivity index (χ0v) is 15.4. The van der Waals surface area contributed by atoms with Gasteiger partial charge in [0.2, 0.25) is 15.9 Å². The summed E-state index contributed by atoms with van der Waals surface area (Å²) in [4.78, 5) is 14.3. The highest BCUT2D eigenvalue weighted by molar-refractivity contribution is 7.89. The smallest absolute Gasteiger partial charge is 0.416 e. The molecule has 12 heteroatoms. The molecular formula is C17H14F4N2O5S. The van der Waals surface area contributed by atoms with E-state index in [9.17, 15) is 30.8 Å². The van der Waals surface area contributed by atoms with Gasteiger partial charge in [0.25, 0.3) is 0 Å². The summed E-state index contributed by atoms with van der Waals surface area (Å²) in [5.41, 5.74) is -1.73. The van der Waals surface area contributed by atoms with Gasteiger partial charge in [-0.25, -0.2) is 22.6 Å². The number of nitrogens with zero attached hydrogens (tertiary/aromatic N) is 2. The number of hydrogen-bond acceptors (Lipinski definition) is 5. The molecule has 0 unspecified atom stereocenters. The first-order valence-corrected chi connectivity index (χ1v) is 9.65. The van der Waals surface area contributed by atoms with Crippen molar-refractivity contribution in [2.75, 3.05) is 13.1 Å². The summed E-state index contributed by atoms with van der Waals surface area (Å²) >= 11 is 0. The first kappa shape index (κ1) is 21.0. The quantitative estimate of drug-likeness (QED) is 0.727. The molecule has 1 aliphatic heterocycles. The minimum atomic E-state index is -4.57. The van der Waals surface area contributed by atoms with E-state index in [1.54, 1.807) is 0 Å². The highest BCUT2D eigenvalue weighted by Crippen LogP contribution is 2.31. The summed E-state index contributed by atoms with van der Waals surface area (Å²) in [5.74, 6) is -2.98. The predicted octanol–water partition coefficient (Wildman–Crippen LogP) is 2.78. The van der Waals surface area contributed by atoms with E-state index in [4.69, 9.17) is 9.84 Å². The fourth-order valence-corrected chi connectivity index (χ4v) is 4.32. The Morgan fingerprint density at radius 2 is 1.97 bits per heavy atom. The van der Waals surface area contributed by atoms with Crippen molar-refractivity contribution in [2.24, 2.45) is 0 Å². The number of pyridine rings is 1. The lowest BCUT2D eigenvalue weighted by Gasteiger charge is -2.17. The van der Waals surface area contributed by atoms with Crippen LogP contribution in [0.3, 0.4) is 0 Å². The number of carboxylic acid groups (broad SMARTS) is 1. The van der Waals surface area contributed by atoms with E-state index in [2.05, 4.69) is 4.98 Å². The number of alkyl halides is 3. The predicted molar refractivity (Wildman–Crippen MR) is 90.4 cm³/mol. The molecule has 3 rings (SSSR count). The van der Waals surface area contributed by atoms with Crippen molar-refractivity contribution in [3.05, 3.63) is 53.5 Å². The van der Waals surface area contributed by atoms with Crippen LogP contribution >= 0.6 is 0 Å². The number of aromatic carboxylic acids is 1. The molecule has 1 saturated heterocycles. The highest BCUT2D eigenvalue weighted by Gasteiger charge is 2.35. The second kappa shape index (κ2) is 7.59. The van der Waals surface area contributed by atoms with E-state index in [-0.39, 0.29) is 25.4 Å². The van der Waals surface area contributed by atoms with Crippen LogP contribution < -0.4 is 4.74 Å². The molecule has 1 aromatic carbocycles. The van der Waals surface area contributed by atoms with Gasteiger partial charge >= 0.3 is 12.1 Å². The molecule has 1 N–H and O–H groups in total. The third-order valence-corrected chi connectivity index (χ3v) is 6.12. The van der Waals surface area contributed by atoms with Gasteiger partial charge in [0.1, 0.15) is 11.9 Å². The van der Waals surface area contributed by atoms with Gasteiger partial charge < -0.3 is 9.84 Å².